The molecule has 26 heavy (non-hydrogen) atoms. The van der Waals surface area contributed by atoms with Crippen LogP contribution in [0.25, 0.3) is 0 Å². The molecule has 8 heteroatoms. The predicted octanol–water partition coefficient (Wildman–Crippen LogP) is 2.37. The van der Waals surface area contributed by atoms with E-state index in [9.17, 15) is 8.42 Å². The summed E-state index contributed by atoms with van der Waals surface area (Å²) in [6.07, 6.45) is 1.20. The van der Waals surface area contributed by atoms with Crippen LogP contribution in [0.4, 0.5) is 5.69 Å². The number of ether oxygens (including phenoxy) is 4. The molecule has 7 nitrogen and oxygen atoms in total. The molecule has 0 unspecified atom stereocenters. The number of methoxy groups -OCH3 is 2. The van der Waals surface area contributed by atoms with Gasteiger partial charge in [-0.2, -0.15) is 0 Å². The van der Waals surface area contributed by atoms with Gasteiger partial charge in [-0.05, 0) is 18.2 Å². The third kappa shape index (κ3) is 2.70. The Balaban J connectivity index is 1.80. The highest BCUT2D eigenvalue weighted by molar-refractivity contribution is 7.93. The van der Waals surface area contributed by atoms with Crippen LogP contribution in [0.2, 0.25) is 0 Å². The Bertz CT molecular complexity index is 938. The molecule has 0 bridgehead atoms. The van der Waals surface area contributed by atoms with Crippen LogP contribution in [0, 0.1) is 0 Å². The van der Waals surface area contributed by atoms with Gasteiger partial charge >= 0.3 is 0 Å². The van der Waals surface area contributed by atoms with Gasteiger partial charge in [-0.25, -0.2) is 8.42 Å². The Hall–Kier alpha value is -2.61. The molecule has 0 saturated carbocycles. The van der Waals surface area contributed by atoms with Gasteiger partial charge in [-0.1, -0.05) is 0 Å². The molecule has 138 valence electrons. The maximum atomic E-state index is 13.2. The van der Waals surface area contributed by atoms with E-state index in [2.05, 4.69) is 4.72 Å². The third-order valence-corrected chi connectivity index (χ3v) is 5.98. The van der Waals surface area contributed by atoms with Crippen LogP contribution in [0.5, 0.6) is 23.0 Å². The topological polar surface area (TPSA) is 83.1 Å². The lowest BCUT2D eigenvalue weighted by Gasteiger charge is -2.16. The molecule has 4 rings (SSSR count). The largest absolute Gasteiger partial charge is 0.497 e. The van der Waals surface area contributed by atoms with Gasteiger partial charge in [-0.15, -0.1) is 0 Å². The van der Waals surface area contributed by atoms with Crippen molar-refractivity contribution in [1.29, 1.82) is 0 Å². The molecular weight excluding hydrogens is 358 g/mol. The lowest BCUT2D eigenvalue weighted by Crippen LogP contribution is -2.16. The minimum Gasteiger partial charge on any atom is -0.497 e. The second kappa shape index (κ2) is 6.28. The van der Waals surface area contributed by atoms with Crippen LogP contribution in [-0.4, -0.2) is 35.9 Å². The molecular formula is C18H19NO6S. The molecule has 2 aromatic rings. The standard InChI is InChI=1S/C18H19NO6S/c1-22-12-3-4-14(16(10-12)23-2)19-26(20,21)18-13-6-8-24-15(13)9-11-5-7-25-17(11)18/h3-4,9-10,19H,5-8H2,1-2H3. The first-order valence-electron chi connectivity index (χ1n) is 8.22. The van der Waals surface area contributed by atoms with Crippen molar-refractivity contribution < 1.29 is 27.4 Å². The summed E-state index contributed by atoms with van der Waals surface area (Å²) in [6.45, 7) is 0.930. The van der Waals surface area contributed by atoms with E-state index in [-0.39, 0.29) is 4.90 Å². The second-order valence-corrected chi connectivity index (χ2v) is 7.66. The third-order valence-electron chi connectivity index (χ3n) is 4.52. The average Bonchev–Trinajstić information content (AvgIpc) is 3.27. The van der Waals surface area contributed by atoms with Gasteiger partial charge in [0.2, 0.25) is 0 Å². The average molecular weight is 377 g/mol. The molecule has 0 fully saturated rings. The number of anilines is 1. The molecule has 2 aromatic carbocycles. The van der Waals surface area contributed by atoms with E-state index in [0.29, 0.717) is 60.3 Å². The van der Waals surface area contributed by atoms with E-state index in [1.54, 1.807) is 18.2 Å². The van der Waals surface area contributed by atoms with Gasteiger partial charge in [0, 0.05) is 30.0 Å². The molecule has 0 amide bonds. The number of sulfonamides is 1. The van der Waals surface area contributed by atoms with Crippen LogP contribution in [0.1, 0.15) is 11.1 Å². The van der Waals surface area contributed by atoms with Gasteiger partial charge in [0.05, 0.1) is 33.1 Å². The highest BCUT2D eigenvalue weighted by Crippen LogP contribution is 2.44. The first-order valence-corrected chi connectivity index (χ1v) is 9.71. The number of benzene rings is 2. The van der Waals surface area contributed by atoms with Crippen molar-refractivity contribution in [1.82, 2.24) is 0 Å². The SMILES string of the molecule is COc1ccc(NS(=O)(=O)c2c3c(cc4c2OCC4)OCC3)c(OC)c1. The Morgan fingerprint density at radius 2 is 1.85 bits per heavy atom. The van der Waals surface area contributed by atoms with E-state index in [1.807, 2.05) is 6.07 Å². The highest BCUT2D eigenvalue weighted by atomic mass is 32.2. The zero-order valence-corrected chi connectivity index (χ0v) is 15.3. The van der Waals surface area contributed by atoms with E-state index in [0.717, 1.165) is 5.56 Å². The molecule has 2 aliphatic heterocycles. The smallest absolute Gasteiger partial charge is 0.266 e. The summed E-state index contributed by atoms with van der Waals surface area (Å²) in [7, 11) is -0.884. The fourth-order valence-electron chi connectivity index (χ4n) is 3.30. The minimum atomic E-state index is -3.89. The quantitative estimate of drug-likeness (QED) is 0.861. The summed E-state index contributed by atoms with van der Waals surface area (Å²) in [6, 6.07) is 6.78. The van der Waals surface area contributed by atoms with E-state index in [4.69, 9.17) is 18.9 Å². The molecule has 0 saturated heterocycles. The monoisotopic (exact) mass is 377 g/mol. The maximum Gasteiger partial charge on any atom is 0.266 e. The normalized spacial score (nSPS) is 14.8. The van der Waals surface area contributed by atoms with Crippen LogP contribution in [0.15, 0.2) is 29.2 Å². The Labute approximate surface area is 151 Å². The lowest BCUT2D eigenvalue weighted by molar-refractivity contribution is 0.348. The number of hydrogen-bond acceptors (Lipinski definition) is 6. The van der Waals surface area contributed by atoms with Crippen LogP contribution < -0.4 is 23.7 Å². The van der Waals surface area contributed by atoms with E-state index >= 15 is 0 Å². The van der Waals surface area contributed by atoms with Gasteiger partial charge in [0.25, 0.3) is 10.0 Å². The van der Waals surface area contributed by atoms with Crippen molar-refractivity contribution >= 4 is 15.7 Å². The van der Waals surface area contributed by atoms with Crippen LogP contribution in [-0.2, 0) is 22.9 Å². The minimum absolute atomic E-state index is 0.165. The van der Waals surface area contributed by atoms with Gasteiger partial charge in [-0.3, -0.25) is 4.72 Å². The number of fused-ring (bicyclic) bond motifs is 2. The Kier molecular flexibility index (Phi) is 4.07. The molecule has 0 atom stereocenters. The van der Waals surface area contributed by atoms with Crippen LogP contribution >= 0.6 is 0 Å². The van der Waals surface area contributed by atoms with Crippen molar-refractivity contribution in [3.05, 3.63) is 35.4 Å². The molecule has 2 aliphatic rings. The number of hydrogen-bond donors (Lipinski definition) is 1. The first-order chi connectivity index (χ1) is 12.5. The summed E-state index contributed by atoms with van der Waals surface area (Å²) in [5.41, 5.74) is 1.84. The number of nitrogens with one attached hydrogen (secondary N) is 1. The molecule has 0 aliphatic carbocycles. The number of rotatable bonds is 5. The zero-order valence-electron chi connectivity index (χ0n) is 14.5. The van der Waals surface area contributed by atoms with Crippen molar-refractivity contribution in [2.24, 2.45) is 0 Å². The summed E-state index contributed by atoms with van der Waals surface area (Å²) < 4.78 is 50.7. The molecule has 1 N–H and O–H groups in total. The molecule has 2 heterocycles. The Morgan fingerprint density at radius 3 is 2.62 bits per heavy atom. The first kappa shape index (κ1) is 16.8. The Morgan fingerprint density at radius 1 is 1.04 bits per heavy atom. The van der Waals surface area contributed by atoms with Crippen LogP contribution in [0.3, 0.4) is 0 Å². The zero-order chi connectivity index (χ0) is 18.3. The summed E-state index contributed by atoms with van der Waals surface area (Å²) >= 11 is 0. The molecule has 0 radical (unpaired) electrons. The van der Waals surface area contributed by atoms with E-state index < -0.39 is 10.0 Å². The van der Waals surface area contributed by atoms with Gasteiger partial charge in [0.15, 0.2) is 0 Å². The highest BCUT2D eigenvalue weighted by Gasteiger charge is 2.34. The molecule has 0 spiro atoms. The van der Waals surface area contributed by atoms with Crippen molar-refractivity contribution in [2.45, 2.75) is 17.7 Å². The van der Waals surface area contributed by atoms with Crippen molar-refractivity contribution in [3.63, 3.8) is 0 Å². The summed E-state index contributed by atoms with van der Waals surface area (Å²) in [5, 5.41) is 0. The fraction of sp³-hybridized carbons (Fsp3) is 0.333. The lowest BCUT2D eigenvalue weighted by atomic mass is 10.1. The van der Waals surface area contributed by atoms with E-state index in [1.165, 1.54) is 14.2 Å². The summed E-state index contributed by atoms with van der Waals surface area (Å²) in [5.74, 6) is 1.99. The maximum absolute atomic E-state index is 13.2. The summed E-state index contributed by atoms with van der Waals surface area (Å²) in [4.78, 5) is 0.165. The van der Waals surface area contributed by atoms with Crippen molar-refractivity contribution in [2.75, 3.05) is 32.2 Å². The molecule has 0 aromatic heterocycles. The predicted molar refractivity (Wildman–Crippen MR) is 95.2 cm³/mol. The second-order valence-electron chi connectivity index (χ2n) is 6.04. The fourth-order valence-corrected chi connectivity index (χ4v) is 4.83. The van der Waals surface area contributed by atoms with Gasteiger partial charge < -0.3 is 18.9 Å². The van der Waals surface area contributed by atoms with Gasteiger partial charge in [0.1, 0.15) is 27.9 Å². The van der Waals surface area contributed by atoms with Crippen molar-refractivity contribution in [3.8, 4) is 23.0 Å².